The Morgan fingerprint density at radius 2 is 2.07 bits per heavy atom. The molecule has 3 N–H and O–H groups in total. The van der Waals surface area contributed by atoms with E-state index >= 15 is 0 Å². The molecule has 82 valence electrons. The molecule has 0 radical (unpaired) electrons. The van der Waals surface area contributed by atoms with Crippen LogP contribution in [-0.4, -0.2) is 16.1 Å². The molecule has 0 saturated carbocycles. The maximum atomic E-state index is 11.3. The lowest BCUT2D eigenvalue weighted by Crippen LogP contribution is -2.27. The molecule has 0 aliphatic carbocycles. The molecule has 1 rings (SSSR count). The van der Waals surface area contributed by atoms with E-state index in [1.54, 1.807) is 26.0 Å². The number of phenolic OH excluding ortho intramolecular Hbond substituents is 2. The van der Waals surface area contributed by atoms with Crippen LogP contribution in [0.2, 0.25) is 0 Å². The fourth-order valence-corrected chi connectivity index (χ4v) is 1.11. The van der Waals surface area contributed by atoms with E-state index in [1.165, 1.54) is 6.07 Å². The number of amides is 1. The first-order chi connectivity index (χ1) is 7.02. The number of carbonyl (C=O) groups excluding carboxylic acids is 1. The first-order valence-electron chi connectivity index (χ1n) is 4.80. The van der Waals surface area contributed by atoms with Crippen molar-refractivity contribution in [2.75, 3.05) is 0 Å². The van der Waals surface area contributed by atoms with Crippen LogP contribution in [-0.2, 0) is 11.3 Å². The summed E-state index contributed by atoms with van der Waals surface area (Å²) in [6, 6.07) is 4.66. The zero-order valence-corrected chi connectivity index (χ0v) is 8.82. The van der Waals surface area contributed by atoms with Gasteiger partial charge in [-0.05, 0) is 6.07 Å². The van der Waals surface area contributed by atoms with Crippen LogP contribution in [0.1, 0.15) is 19.4 Å². The monoisotopic (exact) mass is 209 g/mol. The van der Waals surface area contributed by atoms with Gasteiger partial charge >= 0.3 is 0 Å². The summed E-state index contributed by atoms with van der Waals surface area (Å²) in [5.74, 6) is -0.532. The summed E-state index contributed by atoms with van der Waals surface area (Å²) in [6.07, 6.45) is 0. The van der Waals surface area contributed by atoms with Gasteiger partial charge in [-0.2, -0.15) is 0 Å². The number of benzene rings is 1. The summed E-state index contributed by atoms with van der Waals surface area (Å²) in [5.41, 5.74) is 0.504. The number of hydrogen-bond acceptors (Lipinski definition) is 3. The van der Waals surface area contributed by atoms with Gasteiger partial charge in [0.1, 0.15) is 0 Å². The normalized spacial score (nSPS) is 10.3. The molecule has 0 heterocycles. The van der Waals surface area contributed by atoms with Crippen LogP contribution in [0.3, 0.4) is 0 Å². The molecule has 0 aliphatic heterocycles. The van der Waals surface area contributed by atoms with Gasteiger partial charge in [-0.1, -0.05) is 26.0 Å². The number of phenols is 2. The maximum absolute atomic E-state index is 11.3. The first kappa shape index (κ1) is 11.4. The number of hydrogen-bond donors (Lipinski definition) is 3. The quantitative estimate of drug-likeness (QED) is 0.658. The summed E-state index contributed by atoms with van der Waals surface area (Å²) in [7, 11) is 0. The van der Waals surface area contributed by atoms with E-state index in [1.807, 2.05) is 0 Å². The molecule has 15 heavy (non-hydrogen) atoms. The molecule has 0 bridgehead atoms. The third kappa shape index (κ3) is 2.87. The van der Waals surface area contributed by atoms with Crippen LogP contribution in [0, 0.1) is 5.92 Å². The van der Waals surface area contributed by atoms with E-state index in [-0.39, 0.29) is 29.9 Å². The molecule has 0 aromatic heterocycles. The van der Waals surface area contributed by atoms with E-state index < -0.39 is 0 Å². The molecule has 0 unspecified atom stereocenters. The van der Waals surface area contributed by atoms with Gasteiger partial charge in [0.05, 0.1) is 0 Å². The largest absolute Gasteiger partial charge is 0.504 e. The number of rotatable bonds is 3. The van der Waals surface area contributed by atoms with E-state index in [0.717, 1.165) is 0 Å². The molecular formula is C11H15NO3. The maximum Gasteiger partial charge on any atom is 0.222 e. The molecule has 0 atom stereocenters. The summed E-state index contributed by atoms with van der Waals surface area (Å²) >= 11 is 0. The Hall–Kier alpha value is -1.71. The minimum absolute atomic E-state index is 0.0854. The predicted octanol–water partition coefficient (Wildman–Crippen LogP) is 1.37. The molecule has 1 aromatic carbocycles. The van der Waals surface area contributed by atoms with Gasteiger partial charge in [-0.25, -0.2) is 0 Å². The molecule has 0 aliphatic rings. The average molecular weight is 209 g/mol. The topological polar surface area (TPSA) is 69.6 Å². The molecular weight excluding hydrogens is 194 g/mol. The fourth-order valence-electron chi connectivity index (χ4n) is 1.11. The van der Waals surface area contributed by atoms with Gasteiger partial charge in [0.25, 0.3) is 0 Å². The second-order valence-electron chi connectivity index (χ2n) is 3.66. The van der Waals surface area contributed by atoms with Crippen LogP contribution in [0.15, 0.2) is 18.2 Å². The second kappa shape index (κ2) is 4.68. The molecule has 0 saturated heterocycles. The van der Waals surface area contributed by atoms with Gasteiger partial charge in [-0.15, -0.1) is 0 Å². The van der Waals surface area contributed by atoms with Crippen molar-refractivity contribution in [1.82, 2.24) is 5.32 Å². The number of carbonyl (C=O) groups is 1. The van der Waals surface area contributed by atoms with E-state index in [2.05, 4.69) is 5.32 Å². The highest BCUT2D eigenvalue weighted by Gasteiger charge is 2.09. The predicted molar refractivity (Wildman–Crippen MR) is 56.5 cm³/mol. The molecule has 0 fully saturated rings. The number of aromatic hydroxyl groups is 2. The van der Waals surface area contributed by atoms with Crippen molar-refractivity contribution in [3.63, 3.8) is 0 Å². The Bertz CT molecular complexity index is 361. The Labute approximate surface area is 88.6 Å². The molecule has 4 heteroatoms. The lowest BCUT2D eigenvalue weighted by Gasteiger charge is -2.09. The summed E-state index contributed by atoms with van der Waals surface area (Å²) in [6.45, 7) is 3.80. The van der Waals surface area contributed by atoms with Crippen molar-refractivity contribution >= 4 is 5.91 Å². The van der Waals surface area contributed by atoms with Crippen molar-refractivity contribution < 1.29 is 15.0 Å². The Morgan fingerprint density at radius 1 is 1.40 bits per heavy atom. The van der Waals surface area contributed by atoms with Crippen LogP contribution in [0.5, 0.6) is 11.5 Å². The van der Waals surface area contributed by atoms with Crippen molar-refractivity contribution in [1.29, 1.82) is 0 Å². The Morgan fingerprint density at radius 3 is 2.67 bits per heavy atom. The molecule has 0 spiro atoms. The second-order valence-corrected chi connectivity index (χ2v) is 3.66. The number of nitrogens with one attached hydrogen (secondary N) is 1. The van der Waals surface area contributed by atoms with E-state index in [9.17, 15) is 15.0 Å². The van der Waals surface area contributed by atoms with Crippen LogP contribution < -0.4 is 5.32 Å². The summed E-state index contributed by atoms with van der Waals surface area (Å²) in [5, 5.41) is 21.3. The molecule has 1 aromatic rings. The van der Waals surface area contributed by atoms with Crippen molar-refractivity contribution in [2.24, 2.45) is 5.92 Å². The third-order valence-corrected chi connectivity index (χ3v) is 2.08. The molecule has 1 amide bonds. The van der Waals surface area contributed by atoms with Gasteiger partial charge in [0, 0.05) is 18.0 Å². The van der Waals surface area contributed by atoms with Gasteiger partial charge in [0.2, 0.25) is 5.91 Å². The Kier molecular flexibility index (Phi) is 3.55. The van der Waals surface area contributed by atoms with Crippen molar-refractivity contribution in [3.8, 4) is 11.5 Å². The fraction of sp³-hybridized carbons (Fsp3) is 0.364. The van der Waals surface area contributed by atoms with Crippen molar-refractivity contribution in [3.05, 3.63) is 23.8 Å². The van der Waals surface area contributed by atoms with Gasteiger partial charge in [0.15, 0.2) is 11.5 Å². The van der Waals surface area contributed by atoms with Crippen LogP contribution in [0.4, 0.5) is 0 Å². The van der Waals surface area contributed by atoms with Crippen molar-refractivity contribution in [2.45, 2.75) is 20.4 Å². The first-order valence-corrected chi connectivity index (χ1v) is 4.80. The minimum Gasteiger partial charge on any atom is -0.504 e. The highest BCUT2D eigenvalue weighted by Crippen LogP contribution is 2.27. The lowest BCUT2D eigenvalue weighted by atomic mass is 10.1. The van der Waals surface area contributed by atoms with E-state index in [4.69, 9.17) is 0 Å². The lowest BCUT2D eigenvalue weighted by molar-refractivity contribution is -0.124. The SMILES string of the molecule is CC(C)C(=O)NCc1cccc(O)c1O. The third-order valence-electron chi connectivity index (χ3n) is 2.08. The zero-order chi connectivity index (χ0) is 11.4. The standard InChI is InChI=1S/C11H15NO3/c1-7(2)11(15)12-6-8-4-3-5-9(13)10(8)14/h3-5,7,13-14H,6H2,1-2H3,(H,12,15). The number of para-hydroxylation sites is 1. The van der Waals surface area contributed by atoms with Crippen LogP contribution >= 0.6 is 0 Å². The average Bonchev–Trinajstić information content (AvgIpc) is 2.19. The summed E-state index contributed by atoms with van der Waals surface area (Å²) < 4.78 is 0. The van der Waals surface area contributed by atoms with Gasteiger partial charge in [-0.3, -0.25) is 4.79 Å². The van der Waals surface area contributed by atoms with Crippen LogP contribution in [0.25, 0.3) is 0 Å². The zero-order valence-electron chi connectivity index (χ0n) is 8.82. The minimum atomic E-state index is -0.179. The van der Waals surface area contributed by atoms with E-state index in [0.29, 0.717) is 5.56 Å². The summed E-state index contributed by atoms with van der Waals surface area (Å²) in [4.78, 5) is 11.3. The molecule has 4 nitrogen and oxygen atoms in total. The smallest absolute Gasteiger partial charge is 0.222 e. The highest BCUT2D eigenvalue weighted by molar-refractivity contribution is 5.77. The highest BCUT2D eigenvalue weighted by atomic mass is 16.3. The van der Waals surface area contributed by atoms with Gasteiger partial charge < -0.3 is 15.5 Å². The Balaban J connectivity index is 2.66.